The Morgan fingerprint density at radius 3 is 2.83 bits per heavy atom. The van der Waals surface area contributed by atoms with Crippen LogP contribution in [-0.4, -0.2) is 49.3 Å². The zero-order valence-corrected chi connectivity index (χ0v) is 17.3. The van der Waals surface area contributed by atoms with Gasteiger partial charge in [0.2, 0.25) is 6.79 Å². The summed E-state index contributed by atoms with van der Waals surface area (Å²) in [5.74, 6) is 2.57. The first kappa shape index (κ1) is 20.2. The lowest BCUT2D eigenvalue weighted by Gasteiger charge is -2.22. The van der Waals surface area contributed by atoms with Crippen LogP contribution in [0.5, 0.6) is 11.5 Å². The van der Waals surface area contributed by atoms with Crippen molar-refractivity contribution in [2.45, 2.75) is 25.6 Å². The molecule has 1 atom stereocenters. The van der Waals surface area contributed by atoms with Crippen molar-refractivity contribution in [3.05, 3.63) is 23.8 Å². The van der Waals surface area contributed by atoms with E-state index in [0.29, 0.717) is 12.0 Å². The van der Waals surface area contributed by atoms with E-state index < -0.39 is 0 Å². The number of hydrogen-bond acceptors (Lipinski definition) is 4. The van der Waals surface area contributed by atoms with Crippen LogP contribution in [0.2, 0.25) is 0 Å². The number of rotatable bonds is 6. The zero-order chi connectivity index (χ0) is 15.9. The molecule has 0 amide bonds. The number of thioether (sulfide) groups is 1. The van der Waals surface area contributed by atoms with E-state index in [2.05, 4.69) is 43.4 Å². The second-order valence-electron chi connectivity index (χ2n) is 5.28. The number of benzene rings is 1. The van der Waals surface area contributed by atoms with E-state index >= 15 is 0 Å². The van der Waals surface area contributed by atoms with Crippen LogP contribution in [0.4, 0.5) is 0 Å². The first-order valence-electron chi connectivity index (χ1n) is 7.54. The number of ether oxygens (including phenoxy) is 2. The van der Waals surface area contributed by atoms with E-state index in [9.17, 15) is 0 Å². The molecule has 1 aromatic rings. The summed E-state index contributed by atoms with van der Waals surface area (Å²) in [5, 5.41) is 3.87. The van der Waals surface area contributed by atoms with Crippen molar-refractivity contribution in [3.63, 3.8) is 0 Å². The molecular weight excluding hydrogens is 425 g/mol. The van der Waals surface area contributed by atoms with Crippen LogP contribution in [0.3, 0.4) is 0 Å². The summed E-state index contributed by atoms with van der Waals surface area (Å²) in [5.41, 5.74) is 1.18. The Balaban J connectivity index is 0.00000264. The number of halogens is 1. The summed E-state index contributed by atoms with van der Waals surface area (Å²) in [4.78, 5) is 6.84. The highest BCUT2D eigenvalue weighted by atomic mass is 127. The molecule has 0 saturated carbocycles. The highest BCUT2D eigenvalue weighted by Gasteiger charge is 2.14. The van der Waals surface area contributed by atoms with E-state index in [1.807, 2.05) is 23.9 Å². The second kappa shape index (κ2) is 10.1. The molecule has 1 N–H and O–H groups in total. The van der Waals surface area contributed by atoms with Crippen molar-refractivity contribution in [2.75, 3.05) is 33.2 Å². The van der Waals surface area contributed by atoms with Gasteiger partial charge < -0.3 is 19.7 Å². The monoisotopic (exact) mass is 451 g/mol. The first-order valence-corrected chi connectivity index (χ1v) is 8.83. The Kier molecular flexibility index (Phi) is 8.90. The van der Waals surface area contributed by atoms with Crippen molar-refractivity contribution >= 4 is 41.7 Å². The van der Waals surface area contributed by atoms with Gasteiger partial charge in [-0.15, -0.1) is 24.0 Å². The van der Waals surface area contributed by atoms with Gasteiger partial charge >= 0.3 is 0 Å². The molecule has 130 valence electrons. The molecule has 0 bridgehead atoms. The third-order valence-electron chi connectivity index (χ3n) is 3.45. The summed E-state index contributed by atoms with van der Waals surface area (Å²) in [6.07, 6.45) is 2.11. The Morgan fingerprint density at radius 1 is 1.39 bits per heavy atom. The molecule has 0 radical (unpaired) electrons. The third kappa shape index (κ3) is 5.95. The number of aliphatic imine (C=N–C) groups is 1. The van der Waals surface area contributed by atoms with Crippen molar-refractivity contribution < 1.29 is 9.47 Å². The molecule has 0 aromatic heterocycles. The largest absolute Gasteiger partial charge is 0.454 e. The predicted molar refractivity (Wildman–Crippen MR) is 108 cm³/mol. The molecular formula is C16H26IN3O2S. The topological polar surface area (TPSA) is 46.1 Å². The zero-order valence-electron chi connectivity index (χ0n) is 14.2. The van der Waals surface area contributed by atoms with Crippen LogP contribution in [-0.2, 0) is 6.54 Å². The Hall–Kier alpha value is -0.830. The van der Waals surface area contributed by atoms with E-state index in [1.165, 1.54) is 5.56 Å². The van der Waals surface area contributed by atoms with Crippen LogP contribution in [0.15, 0.2) is 23.2 Å². The van der Waals surface area contributed by atoms with Crippen LogP contribution in [0, 0.1) is 0 Å². The van der Waals surface area contributed by atoms with Crippen LogP contribution >= 0.6 is 35.7 Å². The van der Waals surface area contributed by atoms with Gasteiger partial charge in [0, 0.05) is 25.4 Å². The summed E-state index contributed by atoms with van der Waals surface area (Å²) < 4.78 is 10.8. The number of nitrogens with zero attached hydrogens (tertiary/aromatic N) is 2. The van der Waals surface area contributed by atoms with Gasteiger partial charge in [-0.3, -0.25) is 4.99 Å². The number of hydrogen-bond donors (Lipinski definition) is 1. The van der Waals surface area contributed by atoms with Gasteiger partial charge in [0.25, 0.3) is 0 Å². The molecule has 1 unspecified atom stereocenters. The molecule has 0 spiro atoms. The Labute approximate surface area is 160 Å². The minimum absolute atomic E-state index is 0. The fraction of sp³-hybridized carbons (Fsp3) is 0.562. The fourth-order valence-corrected chi connectivity index (χ4v) is 2.37. The molecule has 0 aliphatic carbocycles. The van der Waals surface area contributed by atoms with Crippen LogP contribution in [0.25, 0.3) is 0 Å². The minimum Gasteiger partial charge on any atom is -0.454 e. The first-order chi connectivity index (χ1) is 10.6. The van der Waals surface area contributed by atoms with Gasteiger partial charge in [-0.05, 0) is 30.9 Å². The molecule has 1 heterocycles. The standard InChI is InChI=1S/C16H25N3O2S.HI/c1-5-17-16(18-9-12(2)22-4)19(3)10-13-6-7-14-15(8-13)21-11-20-14;/h6-8,12H,5,9-11H2,1-4H3,(H,17,18);1H. The molecule has 7 heteroatoms. The highest BCUT2D eigenvalue weighted by molar-refractivity contribution is 14.0. The molecule has 23 heavy (non-hydrogen) atoms. The van der Waals surface area contributed by atoms with E-state index in [4.69, 9.17) is 14.5 Å². The fourth-order valence-electron chi connectivity index (χ4n) is 2.15. The number of guanidine groups is 1. The maximum absolute atomic E-state index is 5.43. The number of fused-ring (bicyclic) bond motifs is 1. The normalized spacial score (nSPS) is 14.2. The quantitative estimate of drug-likeness (QED) is 0.409. The maximum atomic E-state index is 5.43. The van der Waals surface area contributed by atoms with Gasteiger partial charge in [-0.1, -0.05) is 13.0 Å². The lowest BCUT2D eigenvalue weighted by molar-refractivity contribution is 0.174. The van der Waals surface area contributed by atoms with Crippen LogP contribution in [0.1, 0.15) is 19.4 Å². The number of nitrogens with one attached hydrogen (secondary N) is 1. The average molecular weight is 451 g/mol. The molecule has 1 aliphatic rings. The Morgan fingerprint density at radius 2 is 2.13 bits per heavy atom. The lowest BCUT2D eigenvalue weighted by atomic mass is 10.2. The van der Waals surface area contributed by atoms with E-state index in [-0.39, 0.29) is 24.0 Å². The van der Waals surface area contributed by atoms with Crippen molar-refractivity contribution in [2.24, 2.45) is 4.99 Å². The van der Waals surface area contributed by atoms with Crippen LogP contribution < -0.4 is 14.8 Å². The van der Waals surface area contributed by atoms with Gasteiger partial charge in [0.05, 0.1) is 6.54 Å². The van der Waals surface area contributed by atoms with Gasteiger partial charge in [-0.25, -0.2) is 0 Å². The lowest BCUT2D eigenvalue weighted by Crippen LogP contribution is -2.38. The van der Waals surface area contributed by atoms with Crippen molar-refractivity contribution in [1.82, 2.24) is 10.2 Å². The smallest absolute Gasteiger partial charge is 0.231 e. The van der Waals surface area contributed by atoms with E-state index in [1.54, 1.807) is 0 Å². The Bertz CT molecular complexity index is 528. The minimum atomic E-state index is 0. The van der Waals surface area contributed by atoms with E-state index in [0.717, 1.165) is 37.1 Å². The summed E-state index contributed by atoms with van der Waals surface area (Å²) in [6.45, 7) is 7.03. The van der Waals surface area contributed by atoms with Gasteiger partial charge in [0.1, 0.15) is 0 Å². The third-order valence-corrected chi connectivity index (χ3v) is 4.41. The summed E-state index contributed by atoms with van der Waals surface area (Å²) >= 11 is 1.83. The highest BCUT2D eigenvalue weighted by Crippen LogP contribution is 2.32. The van der Waals surface area contributed by atoms with Crippen molar-refractivity contribution in [3.8, 4) is 11.5 Å². The van der Waals surface area contributed by atoms with Gasteiger partial charge in [-0.2, -0.15) is 11.8 Å². The molecule has 0 saturated heterocycles. The summed E-state index contributed by atoms with van der Waals surface area (Å²) in [6, 6.07) is 6.07. The maximum Gasteiger partial charge on any atom is 0.231 e. The summed E-state index contributed by atoms with van der Waals surface area (Å²) in [7, 11) is 2.05. The molecule has 1 aromatic carbocycles. The molecule has 1 aliphatic heterocycles. The molecule has 2 rings (SSSR count). The average Bonchev–Trinajstić information content (AvgIpc) is 2.98. The SMILES string of the molecule is CCNC(=NCC(C)SC)N(C)Cc1ccc2c(c1)OCO2.I. The van der Waals surface area contributed by atoms with Crippen molar-refractivity contribution in [1.29, 1.82) is 0 Å². The molecule has 5 nitrogen and oxygen atoms in total. The predicted octanol–water partition coefficient (Wildman–Crippen LogP) is 3.18. The molecule has 0 fully saturated rings. The van der Waals surface area contributed by atoms with Gasteiger partial charge in [0.15, 0.2) is 17.5 Å². The second-order valence-corrected chi connectivity index (χ2v) is 6.56.